The number of carbonyl (C=O) groups is 1. The van der Waals surface area contributed by atoms with Gasteiger partial charge in [0.05, 0.1) is 17.7 Å². The first-order valence-corrected chi connectivity index (χ1v) is 11.0. The molecule has 2 aromatic rings. The molecule has 0 N–H and O–H groups in total. The Hall–Kier alpha value is -1.79. The number of fused-ring (bicyclic) bond motifs is 1. The number of sulfonamides is 1. The Morgan fingerprint density at radius 2 is 2.00 bits per heavy atom. The molecule has 0 unspecified atom stereocenters. The van der Waals surface area contributed by atoms with Gasteiger partial charge in [0.2, 0.25) is 10.0 Å². The topological polar surface area (TPSA) is 54.5 Å². The maximum atomic E-state index is 12.5. The van der Waals surface area contributed by atoms with Crippen LogP contribution in [0, 0.1) is 6.92 Å². The molecular formula is C19H21NO3S2. The van der Waals surface area contributed by atoms with E-state index in [4.69, 9.17) is 0 Å². The van der Waals surface area contributed by atoms with Crippen molar-refractivity contribution in [3.63, 3.8) is 0 Å². The van der Waals surface area contributed by atoms with Gasteiger partial charge in [-0.2, -0.15) is 0 Å². The number of hydrogen-bond donors (Lipinski definition) is 0. The molecule has 1 heterocycles. The molecule has 0 bridgehead atoms. The molecule has 0 amide bonds. The van der Waals surface area contributed by atoms with Crippen LogP contribution in [0.2, 0.25) is 0 Å². The highest BCUT2D eigenvalue weighted by molar-refractivity contribution is 8.00. The molecule has 0 fully saturated rings. The molecule has 0 radical (unpaired) electrons. The summed E-state index contributed by atoms with van der Waals surface area (Å²) in [5, 5.41) is 0. The zero-order valence-corrected chi connectivity index (χ0v) is 16.0. The van der Waals surface area contributed by atoms with E-state index in [1.165, 1.54) is 27.9 Å². The van der Waals surface area contributed by atoms with Gasteiger partial charge in [0.15, 0.2) is 5.78 Å². The zero-order valence-electron chi connectivity index (χ0n) is 14.4. The minimum atomic E-state index is -3.28. The lowest BCUT2D eigenvalue weighted by Gasteiger charge is -2.29. The van der Waals surface area contributed by atoms with Crippen LogP contribution in [0.5, 0.6) is 0 Å². The molecule has 0 aliphatic carbocycles. The Bertz CT molecular complexity index is 907. The van der Waals surface area contributed by atoms with Gasteiger partial charge in [0.25, 0.3) is 0 Å². The standard InChI is InChI=1S/C19H21NO3S2/c1-14-5-3-7-17(11-14)24-13-19(21)16-8-9-18-15(12-16)6-4-10-20(18)25(2,22)23/h3,5,7-9,11-12H,4,6,10,13H2,1-2H3. The molecule has 1 aliphatic rings. The van der Waals surface area contributed by atoms with Gasteiger partial charge >= 0.3 is 0 Å². The molecular weight excluding hydrogens is 354 g/mol. The van der Waals surface area contributed by atoms with Crippen molar-refractivity contribution >= 4 is 33.3 Å². The van der Waals surface area contributed by atoms with Crippen LogP contribution in [-0.4, -0.2) is 32.8 Å². The number of carbonyl (C=O) groups excluding carboxylic acids is 1. The van der Waals surface area contributed by atoms with Crippen LogP contribution in [-0.2, 0) is 16.4 Å². The lowest BCUT2D eigenvalue weighted by molar-refractivity contribution is 0.102. The van der Waals surface area contributed by atoms with Crippen molar-refractivity contribution < 1.29 is 13.2 Å². The van der Waals surface area contributed by atoms with E-state index in [-0.39, 0.29) is 5.78 Å². The summed E-state index contributed by atoms with van der Waals surface area (Å²) in [6.45, 7) is 2.53. The Balaban J connectivity index is 1.76. The second kappa shape index (κ2) is 7.22. The third kappa shape index (κ3) is 4.25. The summed E-state index contributed by atoms with van der Waals surface area (Å²) in [6.07, 6.45) is 2.79. The minimum absolute atomic E-state index is 0.0609. The Morgan fingerprint density at radius 1 is 1.20 bits per heavy atom. The maximum absolute atomic E-state index is 12.5. The first kappa shape index (κ1) is 18.0. The predicted molar refractivity (Wildman–Crippen MR) is 103 cm³/mol. The van der Waals surface area contributed by atoms with Crippen molar-refractivity contribution in [3.8, 4) is 0 Å². The van der Waals surface area contributed by atoms with Gasteiger partial charge in [0.1, 0.15) is 0 Å². The normalized spacial score (nSPS) is 14.2. The highest BCUT2D eigenvalue weighted by Gasteiger charge is 2.24. The van der Waals surface area contributed by atoms with E-state index >= 15 is 0 Å². The molecule has 0 saturated carbocycles. The minimum Gasteiger partial charge on any atom is -0.293 e. The van der Waals surface area contributed by atoms with E-state index in [1.54, 1.807) is 12.1 Å². The number of nitrogens with zero attached hydrogens (tertiary/aromatic N) is 1. The summed E-state index contributed by atoms with van der Waals surface area (Å²) in [7, 11) is -3.28. The van der Waals surface area contributed by atoms with E-state index in [0.717, 1.165) is 23.3 Å². The van der Waals surface area contributed by atoms with Crippen LogP contribution < -0.4 is 4.31 Å². The van der Waals surface area contributed by atoms with Gasteiger partial charge in [-0.15, -0.1) is 11.8 Å². The van der Waals surface area contributed by atoms with Crippen LogP contribution in [0.3, 0.4) is 0 Å². The first-order valence-electron chi connectivity index (χ1n) is 8.18. The van der Waals surface area contributed by atoms with E-state index in [9.17, 15) is 13.2 Å². The fourth-order valence-electron chi connectivity index (χ4n) is 3.02. The van der Waals surface area contributed by atoms with Crippen molar-refractivity contribution in [2.24, 2.45) is 0 Å². The third-order valence-corrected chi connectivity index (χ3v) is 6.41. The average molecular weight is 376 g/mol. The van der Waals surface area contributed by atoms with E-state index in [1.807, 2.05) is 31.2 Å². The Labute approximate surface area is 153 Å². The van der Waals surface area contributed by atoms with Gasteiger partial charge in [0, 0.05) is 17.0 Å². The van der Waals surface area contributed by atoms with Crippen molar-refractivity contribution in [2.75, 3.05) is 22.9 Å². The Kier molecular flexibility index (Phi) is 5.20. The monoisotopic (exact) mass is 375 g/mol. The molecule has 132 valence electrons. The number of rotatable bonds is 5. The van der Waals surface area contributed by atoms with Gasteiger partial charge < -0.3 is 0 Å². The van der Waals surface area contributed by atoms with Crippen molar-refractivity contribution in [1.82, 2.24) is 0 Å². The van der Waals surface area contributed by atoms with E-state index in [0.29, 0.717) is 23.5 Å². The molecule has 25 heavy (non-hydrogen) atoms. The number of thioether (sulfide) groups is 1. The fourth-order valence-corrected chi connectivity index (χ4v) is 4.92. The predicted octanol–water partition coefficient (Wildman–Crippen LogP) is 3.68. The average Bonchev–Trinajstić information content (AvgIpc) is 2.58. The van der Waals surface area contributed by atoms with Gasteiger partial charge in [-0.3, -0.25) is 9.10 Å². The van der Waals surface area contributed by atoms with Crippen LogP contribution in [0.1, 0.15) is 27.9 Å². The number of ketones is 1. The molecule has 4 nitrogen and oxygen atoms in total. The lowest BCUT2D eigenvalue weighted by atomic mass is 9.99. The highest BCUT2D eigenvalue weighted by Crippen LogP contribution is 2.30. The smallest absolute Gasteiger partial charge is 0.232 e. The first-order chi connectivity index (χ1) is 11.8. The quantitative estimate of drug-likeness (QED) is 0.591. The zero-order chi connectivity index (χ0) is 18.0. The molecule has 3 rings (SSSR count). The van der Waals surface area contributed by atoms with Crippen molar-refractivity contribution in [3.05, 3.63) is 59.2 Å². The molecule has 0 saturated heterocycles. The van der Waals surface area contributed by atoms with Crippen LogP contribution in [0.4, 0.5) is 5.69 Å². The number of Topliss-reactive ketones (excluding diaryl/α,β-unsaturated/α-hetero) is 1. The summed E-state index contributed by atoms with van der Waals surface area (Å²) in [4.78, 5) is 13.6. The molecule has 0 aromatic heterocycles. The number of benzene rings is 2. The summed E-state index contributed by atoms with van der Waals surface area (Å²) >= 11 is 1.52. The fraction of sp³-hybridized carbons (Fsp3) is 0.316. The van der Waals surface area contributed by atoms with Gasteiger partial charge in [-0.05, 0) is 55.7 Å². The van der Waals surface area contributed by atoms with Crippen LogP contribution in [0.15, 0.2) is 47.4 Å². The SMILES string of the molecule is Cc1cccc(SCC(=O)c2ccc3c(c2)CCCN3S(C)(=O)=O)c1. The molecule has 2 aromatic carbocycles. The summed E-state index contributed by atoms with van der Waals surface area (Å²) in [5.41, 5.74) is 3.46. The number of aryl methyl sites for hydroxylation is 2. The largest absolute Gasteiger partial charge is 0.293 e. The molecule has 6 heteroatoms. The number of anilines is 1. The summed E-state index contributed by atoms with van der Waals surface area (Å²) in [6, 6.07) is 13.4. The molecule has 0 spiro atoms. The Morgan fingerprint density at radius 3 is 2.72 bits per heavy atom. The van der Waals surface area contributed by atoms with Gasteiger partial charge in [-0.25, -0.2) is 8.42 Å². The molecule has 1 aliphatic heterocycles. The second-order valence-corrected chi connectivity index (χ2v) is 9.27. The van der Waals surface area contributed by atoms with Crippen molar-refractivity contribution in [1.29, 1.82) is 0 Å². The third-order valence-electron chi connectivity index (χ3n) is 4.24. The second-order valence-electron chi connectivity index (χ2n) is 6.31. The van der Waals surface area contributed by atoms with E-state index in [2.05, 4.69) is 6.07 Å². The summed E-state index contributed by atoms with van der Waals surface area (Å²) in [5.74, 6) is 0.434. The maximum Gasteiger partial charge on any atom is 0.232 e. The van der Waals surface area contributed by atoms with E-state index < -0.39 is 10.0 Å². The lowest BCUT2D eigenvalue weighted by Crippen LogP contribution is -2.34. The van der Waals surface area contributed by atoms with Crippen molar-refractivity contribution in [2.45, 2.75) is 24.7 Å². The molecule has 0 atom stereocenters. The summed E-state index contributed by atoms with van der Waals surface area (Å²) < 4.78 is 25.3. The number of hydrogen-bond acceptors (Lipinski definition) is 4. The van der Waals surface area contributed by atoms with Crippen LogP contribution in [0.25, 0.3) is 0 Å². The highest BCUT2D eigenvalue weighted by atomic mass is 32.2. The van der Waals surface area contributed by atoms with Crippen LogP contribution >= 0.6 is 11.8 Å². The van der Waals surface area contributed by atoms with Gasteiger partial charge in [-0.1, -0.05) is 17.7 Å².